The molecular formula is C36H62O5. The maximum absolute atomic E-state index is 10.5. The third-order valence-electron chi connectivity index (χ3n) is 7.22. The molecule has 0 aromatic heterocycles. The molecule has 0 aromatic rings. The average Bonchev–Trinajstić information content (AvgIpc) is 2.91. The van der Waals surface area contributed by atoms with Crippen LogP contribution < -0.4 is 0 Å². The first-order valence-corrected chi connectivity index (χ1v) is 15.5. The van der Waals surface area contributed by atoms with Gasteiger partial charge >= 0.3 is 0 Å². The molecule has 0 radical (unpaired) electrons. The Morgan fingerprint density at radius 1 is 0.488 bits per heavy atom. The van der Waals surface area contributed by atoms with Crippen LogP contribution in [0.4, 0.5) is 0 Å². The van der Waals surface area contributed by atoms with Crippen LogP contribution in [0.2, 0.25) is 0 Å². The van der Waals surface area contributed by atoms with Crippen molar-refractivity contribution >= 4 is 0 Å². The molecule has 236 valence electrons. The first kappa shape index (κ1) is 39.2. The normalized spacial score (nSPS) is 16.3. The van der Waals surface area contributed by atoms with Crippen LogP contribution in [0.1, 0.15) is 120 Å². The second-order valence-electron chi connectivity index (χ2n) is 12.1. The monoisotopic (exact) mass is 574 g/mol. The van der Waals surface area contributed by atoms with Gasteiger partial charge in [0.15, 0.2) is 0 Å². The molecule has 0 saturated heterocycles. The molecule has 4 atom stereocenters. The van der Waals surface area contributed by atoms with Crippen LogP contribution >= 0.6 is 0 Å². The van der Waals surface area contributed by atoms with Crippen molar-refractivity contribution in [3.05, 3.63) is 69.9 Å². The van der Waals surface area contributed by atoms with Gasteiger partial charge in [0.25, 0.3) is 0 Å². The third-order valence-corrected chi connectivity index (χ3v) is 7.22. The molecule has 5 nitrogen and oxygen atoms in total. The van der Waals surface area contributed by atoms with Crippen molar-refractivity contribution in [3.63, 3.8) is 0 Å². The molecule has 4 unspecified atom stereocenters. The van der Waals surface area contributed by atoms with Crippen molar-refractivity contribution in [2.75, 3.05) is 13.2 Å². The molecule has 0 aliphatic heterocycles. The van der Waals surface area contributed by atoms with Gasteiger partial charge in [-0.15, -0.1) is 0 Å². The van der Waals surface area contributed by atoms with Gasteiger partial charge in [0.2, 0.25) is 0 Å². The second-order valence-corrected chi connectivity index (χ2v) is 12.1. The number of hydrogen-bond donors (Lipinski definition) is 4. The molecule has 0 saturated carbocycles. The van der Waals surface area contributed by atoms with Crippen LogP contribution in [0.5, 0.6) is 0 Å². The zero-order chi connectivity index (χ0) is 31.2. The summed E-state index contributed by atoms with van der Waals surface area (Å²) >= 11 is 0. The fourth-order valence-electron chi connectivity index (χ4n) is 4.38. The average molecular weight is 575 g/mol. The molecule has 0 aliphatic rings. The lowest BCUT2D eigenvalue weighted by Crippen LogP contribution is -2.40. The first-order chi connectivity index (χ1) is 19.4. The highest BCUT2D eigenvalue weighted by Gasteiger charge is 2.26. The van der Waals surface area contributed by atoms with Crippen molar-refractivity contribution in [2.45, 2.75) is 144 Å². The van der Waals surface area contributed by atoms with E-state index in [1.165, 1.54) is 33.4 Å². The maximum Gasteiger partial charge on any atom is 0.103 e. The van der Waals surface area contributed by atoms with Gasteiger partial charge in [-0.2, -0.15) is 0 Å². The Kier molecular flexibility index (Phi) is 22.7. The standard InChI is InChI=1S/C36H62O5/c1-27(2)13-9-15-29(5)17-11-19-31(7)21-23-35(33(39)25-37)41-36(34(40)26-38)24-22-32(8)20-12-18-30(6)16-10-14-28(3)4/h13-14,17-18,21-22,33-40H,9-12,15-16,19-20,23-26H2,1-8H3. The molecule has 0 amide bonds. The summed E-state index contributed by atoms with van der Waals surface area (Å²) in [6.45, 7) is 16.1. The Balaban J connectivity index is 5.08. The molecule has 0 aromatic carbocycles. The minimum atomic E-state index is -1.07. The van der Waals surface area contributed by atoms with Gasteiger partial charge in [0, 0.05) is 0 Å². The quantitative estimate of drug-likeness (QED) is 0.0982. The number of rotatable bonds is 22. The van der Waals surface area contributed by atoms with Crippen molar-refractivity contribution in [1.82, 2.24) is 0 Å². The lowest BCUT2D eigenvalue weighted by atomic mass is 10.0. The van der Waals surface area contributed by atoms with Crippen LogP contribution in [-0.4, -0.2) is 58.1 Å². The van der Waals surface area contributed by atoms with E-state index < -0.39 is 37.6 Å². The SMILES string of the molecule is CC(C)=CCCC(C)=CCCC(C)=CCC(OC(CC=C(C)CCC=C(C)CCC=C(C)C)C(O)CO)C(O)CO. The summed E-state index contributed by atoms with van der Waals surface area (Å²) in [6.07, 6.45) is 18.6. The lowest BCUT2D eigenvalue weighted by Gasteiger charge is -2.29. The zero-order valence-electron chi connectivity index (χ0n) is 27.5. The lowest BCUT2D eigenvalue weighted by molar-refractivity contribution is -0.129. The summed E-state index contributed by atoms with van der Waals surface area (Å²) in [5, 5.41) is 40.2. The van der Waals surface area contributed by atoms with Crippen molar-refractivity contribution in [2.24, 2.45) is 0 Å². The minimum Gasteiger partial charge on any atom is -0.394 e. The molecular weight excluding hydrogens is 512 g/mol. The summed E-state index contributed by atoms with van der Waals surface area (Å²) in [5.41, 5.74) is 7.86. The van der Waals surface area contributed by atoms with Crippen molar-refractivity contribution in [3.8, 4) is 0 Å². The highest BCUT2D eigenvalue weighted by Crippen LogP contribution is 2.19. The van der Waals surface area contributed by atoms with E-state index in [0.717, 1.165) is 51.4 Å². The second kappa shape index (κ2) is 23.8. The number of aliphatic hydroxyl groups excluding tert-OH is 4. The number of ether oxygens (including phenoxy) is 1. The molecule has 0 aliphatic carbocycles. The Hall–Kier alpha value is -1.76. The Morgan fingerprint density at radius 2 is 0.780 bits per heavy atom. The van der Waals surface area contributed by atoms with E-state index in [9.17, 15) is 20.4 Å². The van der Waals surface area contributed by atoms with E-state index >= 15 is 0 Å². The third kappa shape index (κ3) is 21.6. The van der Waals surface area contributed by atoms with Gasteiger partial charge in [-0.1, -0.05) is 69.9 Å². The van der Waals surface area contributed by atoms with Gasteiger partial charge in [-0.25, -0.2) is 0 Å². The van der Waals surface area contributed by atoms with Gasteiger partial charge in [-0.3, -0.25) is 0 Å². The number of hydrogen-bond acceptors (Lipinski definition) is 5. The van der Waals surface area contributed by atoms with Crippen LogP contribution in [-0.2, 0) is 4.74 Å². The maximum atomic E-state index is 10.5. The Bertz CT molecular complexity index is 810. The fourth-order valence-corrected chi connectivity index (χ4v) is 4.38. The van der Waals surface area contributed by atoms with E-state index in [2.05, 4.69) is 79.7 Å². The van der Waals surface area contributed by atoms with E-state index in [1.54, 1.807) is 0 Å². The highest BCUT2D eigenvalue weighted by atomic mass is 16.5. The summed E-state index contributed by atoms with van der Waals surface area (Å²) in [7, 11) is 0. The minimum absolute atomic E-state index is 0.422. The largest absolute Gasteiger partial charge is 0.394 e. The predicted octanol–water partition coefficient (Wildman–Crippen LogP) is 8.07. The Labute approximate surface area is 252 Å². The van der Waals surface area contributed by atoms with Gasteiger partial charge in [0.05, 0.1) is 25.4 Å². The highest BCUT2D eigenvalue weighted by molar-refractivity contribution is 5.07. The van der Waals surface area contributed by atoms with Gasteiger partial charge in [0.1, 0.15) is 12.2 Å². The number of allylic oxidation sites excluding steroid dienone is 10. The van der Waals surface area contributed by atoms with E-state index in [-0.39, 0.29) is 0 Å². The zero-order valence-corrected chi connectivity index (χ0v) is 27.5. The van der Waals surface area contributed by atoms with Gasteiger partial charge in [-0.05, 0) is 120 Å². The summed E-state index contributed by atoms with van der Waals surface area (Å²) < 4.78 is 6.13. The smallest absolute Gasteiger partial charge is 0.103 e. The van der Waals surface area contributed by atoms with Crippen LogP contribution in [0, 0.1) is 0 Å². The predicted molar refractivity (Wildman–Crippen MR) is 175 cm³/mol. The number of aliphatic hydroxyl groups is 4. The van der Waals surface area contributed by atoms with Crippen LogP contribution in [0.3, 0.4) is 0 Å². The molecule has 0 bridgehead atoms. The van der Waals surface area contributed by atoms with E-state index in [4.69, 9.17) is 4.74 Å². The molecule has 41 heavy (non-hydrogen) atoms. The van der Waals surface area contributed by atoms with Crippen molar-refractivity contribution < 1.29 is 25.2 Å². The van der Waals surface area contributed by atoms with Crippen molar-refractivity contribution in [1.29, 1.82) is 0 Å². The summed E-state index contributed by atoms with van der Waals surface area (Å²) in [6, 6.07) is 0. The summed E-state index contributed by atoms with van der Waals surface area (Å²) in [4.78, 5) is 0. The van der Waals surface area contributed by atoms with Crippen LogP contribution in [0.15, 0.2) is 69.9 Å². The molecule has 4 N–H and O–H groups in total. The van der Waals surface area contributed by atoms with Gasteiger partial charge < -0.3 is 25.2 Å². The first-order valence-electron chi connectivity index (χ1n) is 15.5. The fraction of sp³-hybridized carbons (Fsp3) is 0.667. The van der Waals surface area contributed by atoms with E-state index in [0.29, 0.717) is 12.8 Å². The van der Waals surface area contributed by atoms with Crippen LogP contribution in [0.25, 0.3) is 0 Å². The Morgan fingerprint density at radius 3 is 1.07 bits per heavy atom. The summed E-state index contributed by atoms with van der Waals surface area (Å²) in [5.74, 6) is 0. The molecule has 0 spiro atoms. The molecule has 0 heterocycles. The molecule has 0 fully saturated rings. The molecule has 5 heteroatoms. The molecule has 0 rings (SSSR count). The van der Waals surface area contributed by atoms with E-state index in [1.807, 2.05) is 12.2 Å². The topological polar surface area (TPSA) is 90.2 Å².